The molecule has 1 aliphatic rings. The summed E-state index contributed by atoms with van der Waals surface area (Å²) in [6, 6.07) is 10.5. The third-order valence-corrected chi connectivity index (χ3v) is 3.81. The van der Waals surface area contributed by atoms with E-state index in [2.05, 4.69) is 46.3 Å². The lowest BCUT2D eigenvalue weighted by molar-refractivity contribution is 0.135. The van der Waals surface area contributed by atoms with Crippen molar-refractivity contribution in [3.05, 3.63) is 42.0 Å². The summed E-state index contributed by atoms with van der Waals surface area (Å²) in [6.07, 6.45) is 4.70. The molecule has 0 N–H and O–H groups in total. The molecule has 2 atom stereocenters. The van der Waals surface area contributed by atoms with Gasteiger partial charge in [0, 0.05) is 11.9 Å². The molecular formula is C13H15BrO. The second-order valence-electron chi connectivity index (χ2n) is 3.81. The Hall–Kier alpha value is -0.600. The van der Waals surface area contributed by atoms with E-state index >= 15 is 0 Å². The van der Waals surface area contributed by atoms with Crippen molar-refractivity contribution >= 4 is 21.5 Å². The summed E-state index contributed by atoms with van der Waals surface area (Å²) in [6.45, 7) is 0. The Kier molecular flexibility index (Phi) is 3.60. The number of alkyl halides is 1. The molecule has 1 nitrogen and oxygen atoms in total. The predicted octanol–water partition coefficient (Wildman–Crippen LogP) is 3.64. The van der Waals surface area contributed by atoms with Gasteiger partial charge in [0.15, 0.2) is 0 Å². The zero-order valence-electron chi connectivity index (χ0n) is 8.82. The quantitative estimate of drug-likeness (QED) is 0.743. The van der Waals surface area contributed by atoms with Crippen LogP contribution in [0.25, 0.3) is 5.57 Å². The van der Waals surface area contributed by atoms with E-state index in [9.17, 15) is 0 Å². The van der Waals surface area contributed by atoms with Crippen LogP contribution in [-0.2, 0) is 4.74 Å². The lowest BCUT2D eigenvalue weighted by Gasteiger charge is -2.25. The van der Waals surface area contributed by atoms with Gasteiger partial charge in [-0.3, -0.25) is 0 Å². The third kappa shape index (κ3) is 2.50. The first-order valence-electron chi connectivity index (χ1n) is 5.24. The molecule has 2 rings (SSSR count). The fraction of sp³-hybridized carbons (Fsp3) is 0.385. The van der Waals surface area contributed by atoms with Gasteiger partial charge in [-0.25, -0.2) is 0 Å². The minimum absolute atomic E-state index is 0.203. The maximum Gasteiger partial charge on any atom is 0.0882 e. The Balaban J connectivity index is 2.24. The van der Waals surface area contributed by atoms with Crippen LogP contribution in [0.5, 0.6) is 0 Å². The van der Waals surface area contributed by atoms with Crippen molar-refractivity contribution in [1.29, 1.82) is 0 Å². The topological polar surface area (TPSA) is 9.23 Å². The standard InChI is InChI=1S/C13H15BrO/c1-15-13-9-11(7-8-12(13)14)10-5-3-2-4-6-10/h2-6,9,12-13H,7-8H2,1H3. The van der Waals surface area contributed by atoms with Gasteiger partial charge < -0.3 is 4.74 Å². The van der Waals surface area contributed by atoms with Gasteiger partial charge in [-0.15, -0.1) is 0 Å². The highest BCUT2D eigenvalue weighted by molar-refractivity contribution is 9.09. The summed E-state index contributed by atoms with van der Waals surface area (Å²) in [5, 5.41) is 0. The second kappa shape index (κ2) is 4.95. The van der Waals surface area contributed by atoms with Crippen LogP contribution < -0.4 is 0 Å². The molecule has 0 fully saturated rings. The normalized spacial score (nSPS) is 26.1. The van der Waals surface area contributed by atoms with E-state index in [1.807, 2.05) is 6.07 Å². The maximum absolute atomic E-state index is 5.43. The molecule has 15 heavy (non-hydrogen) atoms. The van der Waals surface area contributed by atoms with Gasteiger partial charge in [0.2, 0.25) is 0 Å². The Labute approximate surface area is 99.3 Å². The summed E-state index contributed by atoms with van der Waals surface area (Å²) < 4.78 is 5.43. The highest BCUT2D eigenvalue weighted by Gasteiger charge is 2.22. The molecular weight excluding hydrogens is 252 g/mol. The van der Waals surface area contributed by atoms with Gasteiger partial charge in [0.25, 0.3) is 0 Å². The van der Waals surface area contributed by atoms with E-state index < -0.39 is 0 Å². The largest absolute Gasteiger partial charge is 0.376 e. The van der Waals surface area contributed by atoms with Crippen molar-refractivity contribution < 1.29 is 4.74 Å². The lowest BCUT2D eigenvalue weighted by atomic mass is 9.92. The lowest BCUT2D eigenvalue weighted by Crippen LogP contribution is -2.24. The highest BCUT2D eigenvalue weighted by atomic mass is 79.9. The minimum atomic E-state index is 0.203. The smallest absolute Gasteiger partial charge is 0.0882 e. The molecule has 1 aliphatic carbocycles. The summed E-state index contributed by atoms with van der Waals surface area (Å²) in [4.78, 5) is 0.454. The SMILES string of the molecule is COC1C=C(c2ccccc2)CCC1Br. The molecule has 1 aromatic carbocycles. The van der Waals surface area contributed by atoms with E-state index in [1.54, 1.807) is 7.11 Å². The molecule has 2 unspecified atom stereocenters. The number of hydrogen-bond donors (Lipinski definition) is 0. The van der Waals surface area contributed by atoms with Crippen LogP contribution in [0.15, 0.2) is 36.4 Å². The molecule has 0 aromatic heterocycles. The number of rotatable bonds is 2. The fourth-order valence-corrected chi connectivity index (χ4v) is 2.55. The van der Waals surface area contributed by atoms with Crippen LogP contribution in [0, 0.1) is 0 Å². The van der Waals surface area contributed by atoms with E-state index in [0.29, 0.717) is 4.83 Å². The molecule has 80 valence electrons. The molecule has 2 heteroatoms. The van der Waals surface area contributed by atoms with Crippen molar-refractivity contribution in [1.82, 2.24) is 0 Å². The molecule has 0 aliphatic heterocycles. The molecule has 0 saturated carbocycles. The van der Waals surface area contributed by atoms with Crippen LogP contribution in [0.2, 0.25) is 0 Å². The third-order valence-electron chi connectivity index (χ3n) is 2.83. The van der Waals surface area contributed by atoms with Crippen molar-refractivity contribution in [2.45, 2.75) is 23.8 Å². The van der Waals surface area contributed by atoms with Gasteiger partial charge in [-0.2, -0.15) is 0 Å². The summed E-state index contributed by atoms with van der Waals surface area (Å²) in [7, 11) is 1.77. The van der Waals surface area contributed by atoms with Crippen LogP contribution in [0.1, 0.15) is 18.4 Å². The number of methoxy groups -OCH3 is 1. The summed E-state index contributed by atoms with van der Waals surface area (Å²) in [5.74, 6) is 0. The van der Waals surface area contributed by atoms with Crippen molar-refractivity contribution in [3.8, 4) is 0 Å². The zero-order valence-corrected chi connectivity index (χ0v) is 10.4. The Morgan fingerprint density at radius 3 is 2.67 bits per heavy atom. The van der Waals surface area contributed by atoms with Gasteiger partial charge >= 0.3 is 0 Å². The first-order chi connectivity index (χ1) is 7.31. The average Bonchev–Trinajstić information content (AvgIpc) is 2.31. The molecule has 0 amide bonds. The number of halogens is 1. The first kappa shape index (κ1) is 10.9. The Bertz CT molecular complexity index is 345. The number of benzene rings is 1. The van der Waals surface area contributed by atoms with Crippen molar-refractivity contribution in [2.24, 2.45) is 0 Å². The van der Waals surface area contributed by atoms with E-state index in [0.717, 1.165) is 12.8 Å². The number of allylic oxidation sites excluding steroid dienone is 1. The second-order valence-corrected chi connectivity index (χ2v) is 4.99. The first-order valence-corrected chi connectivity index (χ1v) is 6.16. The van der Waals surface area contributed by atoms with Gasteiger partial charge in [0.05, 0.1) is 6.10 Å². The van der Waals surface area contributed by atoms with Crippen molar-refractivity contribution in [3.63, 3.8) is 0 Å². The fourth-order valence-electron chi connectivity index (χ4n) is 1.95. The van der Waals surface area contributed by atoms with Crippen LogP contribution >= 0.6 is 15.9 Å². The molecule has 0 radical (unpaired) electrons. The predicted molar refractivity (Wildman–Crippen MR) is 67.2 cm³/mol. The summed E-state index contributed by atoms with van der Waals surface area (Å²) >= 11 is 3.65. The molecule has 0 spiro atoms. The van der Waals surface area contributed by atoms with Crippen LogP contribution in [0.3, 0.4) is 0 Å². The van der Waals surface area contributed by atoms with Gasteiger partial charge in [-0.05, 0) is 24.0 Å². The molecule has 0 bridgehead atoms. The van der Waals surface area contributed by atoms with E-state index in [-0.39, 0.29) is 6.10 Å². The van der Waals surface area contributed by atoms with Crippen LogP contribution in [-0.4, -0.2) is 18.0 Å². The van der Waals surface area contributed by atoms with E-state index in [1.165, 1.54) is 11.1 Å². The number of hydrogen-bond acceptors (Lipinski definition) is 1. The molecule has 1 aromatic rings. The minimum Gasteiger partial charge on any atom is -0.376 e. The molecule has 0 saturated heterocycles. The maximum atomic E-state index is 5.43. The van der Waals surface area contributed by atoms with Crippen molar-refractivity contribution in [2.75, 3.05) is 7.11 Å². The Morgan fingerprint density at radius 2 is 2.00 bits per heavy atom. The monoisotopic (exact) mass is 266 g/mol. The van der Waals surface area contributed by atoms with Gasteiger partial charge in [0.1, 0.15) is 0 Å². The highest BCUT2D eigenvalue weighted by Crippen LogP contribution is 2.31. The zero-order chi connectivity index (χ0) is 10.7. The summed E-state index contributed by atoms with van der Waals surface area (Å²) in [5.41, 5.74) is 2.72. The van der Waals surface area contributed by atoms with E-state index in [4.69, 9.17) is 4.74 Å². The Morgan fingerprint density at radius 1 is 1.27 bits per heavy atom. The molecule has 0 heterocycles. The van der Waals surface area contributed by atoms with Crippen LogP contribution in [0.4, 0.5) is 0 Å². The van der Waals surface area contributed by atoms with Gasteiger partial charge in [-0.1, -0.05) is 52.3 Å². The number of ether oxygens (including phenoxy) is 1. The average molecular weight is 267 g/mol.